The van der Waals surface area contributed by atoms with Crippen molar-refractivity contribution in [3.8, 4) is 11.5 Å². The number of carbonyl (C=O) groups excluding carboxylic acids is 2. The van der Waals surface area contributed by atoms with E-state index in [4.69, 9.17) is 37.4 Å². The molecule has 12 heteroatoms. The summed E-state index contributed by atoms with van der Waals surface area (Å²) in [4.78, 5) is 36.5. The number of benzene rings is 3. The van der Waals surface area contributed by atoms with Crippen molar-refractivity contribution in [2.45, 2.75) is 31.8 Å². The van der Waals surface area contributed by atoms with Gasteiger partial charge in [-0.3, -0.25) is 14.6 Å². The van der Waals surface area contributed by atoms with Crippen molar-refractivity contribution in [1.82, 2.24) is 14.7 Å². The number of halogens is 2. The standard InChI is InChI=1S/C38H47Cl2N5O5/c1-48-34-12-10-29(26-36(34)49-25-5-15-42-19-23-44(24-20-42)33-9-3-7-31(40)28-33)11-13-35-37(46)45(38(47)50-35)16-4-14-41-17-21-43(22-18-41)32-8-2-6-30(39)27-32/h2-3,6-10,12,26-28,35H,4-5,11,13-25H2,1H3. The Balaban J connectivity index is 0.893. The molecule has 0 spiro atoms. The summed E-state index contributed by atoms with van der Waals surface area (Å²) in [5, 5.41) is 1.51. The van der Waals surface area contributed by atoms with E-state index in [-0.39, 0.29) is 5.91 Å². The first-order chi connectivity index (χ1) is 24.4. The predicted octanol–water partition coefficient (Wildman–Crippen LogP) is 6.09. The van der Waals surface area contributed by atoms with Crippen LogP contribution in [0, 0.1) is 0 Å². The molecule has 3 aromatic rings. The fraction of sp³-hybridized carbons (Fsp3) is 0.474. The molecule has 3 aliphatic rings. The van der Waals surface area contributed by atoms with Crippen LogP contribution < -0.4 is 19.3 Å². The Labute approximate surface area is 305 Å². The van der Waals surface area contributed by atoms with Gasteiger partial charge in [-0.1, -0.05) is 41.4 Å². The monoisotopic (exact) mass is 723 g/mol. The molecule has 0 radical (unpaired) electrons. The minimum absolute atomic E-state index is 0.251. The Bertz CT molecular complexity index is 1600. The van der Waals surface area contributed by atoms with Gasteiger partial charge < -0.3 is 24.0 Å². The van der Waals surface area contributed by atoms with Crippen molar-refractivity contribution in [3.63, 3.8) is 0 Å². The first-order valence-electron chi connectivity index (χ1n) is 17.6. The second-order valence-corrected chi connectivity index (χ2v) is 13.9. The highest BCUT2D eigenvalue weighted by molar-refractivity contribution is 6.31. The molecule has 6 rings (SSSR count). The van der Waals surface area contributed by atoms with Crippen molar-refractivity contribution in [1.29, 1.82) is 0 Å². The van der Waals surface area contributed by atoms with Gasteiger partial charge in [0.1, 0.15) is 0 Å². The fourth-order valence-corrected chi connectivity index (χ4v) is 7.27. The maximum atomic E-state index is 13.1. The van der Waals surface area contributed by atoms with Crippen molar-refractivity contribution in [3.05, 3.63) is 82.3 Å². The first kappa shape index (κ1) is 36.1. The second kappa shape index (κ2) is 17.5. The second-order valence-electron chi connectivity index (χ2n) is 13.1. The van der Waals surface area contributed by atoms with Crippen molar-refractivity contribution in [2.24, 2.45) is 0 Å². The zero-order valence-electron chi connectivity index (χ0n) is 28.8. The molecule has 0 aromatic heterocycles. The number of cyclic esters (lactones) is 1. The van der Waals surface area contributed by atoms with E-state index in [0.717, 1.165) is 93.2 Å². The number of amides is 2. The number of hydrogen-bond acceptors (Lipinski definition) is 9. The largest absolute Gasteiger partial charge is 0.493 e. The molecular formula is C38H47Cl2N5O5. The Morgan fingerprint density at radius 3 is 1.90 bits per heavy atom. The summed E-state index contributed by atoms with van der Waals surface area (Å²) in [5.74, 6) is 1.10. The minimum Gasteiger partial charge on any atom is -0.493 e. The van der Waals surface area contributed by atoms with Gasteiger partial charge in [0, 0.05) is 86.9 Å². The van der Waals surface area contributed by atoms with E-state index >= 15 is 0 Å². The van der Waals surface area contributed by atoms with E-state index in [9.17, 15) is 9.59 Å². The number of piperazine rings is 2. The SMILES string of the molecule is COc1ccc(CCC2OC(=O)N(CCCN3CCN(c4cccc(Cl)c4)CC3)C2=O)cc1OCCCN1CCN(c2cccc(Cl)c2)CC1. The quantitative estimate of drug-likeness (QED) is 0.173. The third-order valence-electron chi connectivity index (χ3n) is 9.75. The molecule has 10 nitrogen and oxygen atoms in total. The lowest BCUT2D eigenvalue weighted by Gasteiger charge is -2.36. The third kappa shape index (κ3) is 9.54. The van der Waals surface area contributed by atoms with Gasteiger partial charge >= 0.3 is 6.09 Å². The molecule has 3 aliphatic heterocycles. The summed E-state index contributed by atoms with van der Waals surface area (Å²) in [6, 6.07) is 21.8. The smallest absolute Gasteiger partial charge is 0.417 e. The topological polar surface area (TPSA) is 78.0 Å². The highest BCUT2D eigenvalue weighted by Gasteiger charge is 2.39. The molecule has 50 heavy (non-hydrogen) atoms. The van der Waals surface area contributed by atoms with Crippen molar-refractivity contribution >= 4 is 46.6 Å². The van der Waals surface area contributed by atoms with Crippen molar-refractivity contribution in [2.75, 3.05) is 95.5 Å². The molecule has 3 heterocycles. The van der Waals surface area contributed by atoms with Gasteiger partial charge in [0.2, 0.25) is 0 Å². The first-order valence-corrected chi connectivity index (χ1v) is 18.4. The molecule has 3 saturated heterocycles. The summed E-state index contributed by atoms with van der Waals surface area (Å²) in [6.07, 6.45) is 1.28. The maximum absolute atomic E-state index is 13.1. The molecule has 1 unspecified atom stereocenters. The number of methoxy groups -OCH3 is 1. The number of hydrogen-bond donors (Lipinski definition) is 0. The molecule has 1 atom stereocenters. The van der Waals surface area contributed by atoms with Gasteiger partial charge in [-0.15, -0.1) is 0 Å². The Hall–Kier alpha value is -3.70. The lowest BCUT2D eigenvalue weighted by atomic mass is 10.1. The molecule has 3 fully saturated rings. The highest BCUT2D eigenvalue weighted by Crippen LogP contribution is 2.30. The number of imide groups is 1. The van der Waals surface area contributed by atoms with Gasteiger partial charge in [-0.2, -0.15) is 0 Å². The lowest BCUT2D eigenvalue weighted by molar-refractivity contribution is -0.129. The minimum atomic E-state index is -0.769. The molecular weight excluding hydrogens is 677 g/mol. The summed E-state index contributed by atoms with van der Waals surface area (Å²) < 4.78 is 17.2. The number of anilines is 2. The highest BCUT2D eigenvalue weighted by atomic mass is 35.5. The van der Waals surface area contributed by atoms with E-state index < -0.39 is 12.2 Å². The van der Waals surface area contributed by atoms with Crippen LogP contribution in [0.15, 0.2) is 66.7 Å². The van der Waals surface area contributed by atoms with E-state index in [1.165, 1.54) is 10.6 Å². The summed E-state index contributed by atoms with van der Waals surface area (Å²) in [7, 11) is 1.63. The van der Waals surface area contributed by atoms with Crippen LogP contribution in [0.2, 0.25) is 10.0 Å². The molecule has 0 bridgehead atoms. The number of aryl methyl sites for hydroxylation is 1. The fourth-order valence-electron chi connectivity index (χ4n) is 6.90. The lowest BCUT2D eigenvalue weighted by Crippen LogP contribution is -2.47. The van der Waals surface area contributed by atoms with Crippen LogP contribution in [0.3, 0.4) is 0 Å². The Kier molecular flexibility index (Phi) is 12.6. The van der Waals surface area contributed by atoms with E-state index in [0.29, 0.717) is 43.9 Å². The molecule has 268 valence electrons. The van der Waals surface area contributed by atoms with Crippen LogP contribution in [-0.2, 0) is 16.0 Å². The molecule has 2 amide bonds. The van der Waals surface area contributed by atoms with E-state index in [1.807, 2.05) is 54.6 Å². The van der Waals surface area contributed by atoms with E-state index in [2.05, 4.69) is 31.7 Å². The number of rotatable bonds is 15. The van der Waals surface area contributed by atoms with Crippen LogP contribution >= 0.6 is 23.2 Å². The maximum Gasteiger partial charge on any atom is 0.417 e. The zero-order valence-corrected chi connectivity index (χ0v) is 30.3. The summed E-state index contributed by atoms with van der Waals surface area (Å²) in [6.45, 7) is 10.3. The van der Waals surface area contributed by atoms with Crippen LogP contribution in [0.1, 0.15) is 24.8 Å². The molecule has 0 saturated carbocycles. The van der Waals surface area contributed by atoms with Crippen LogP contribution in [-0.4, -0.2) is 119 Å². The normalized spacial score (nSPS) is 18.9. The summed E-state index contributed by atoms with van der Waals surface area (Å²) in [5.41, 5.74) is 3.31. The van der Waals surface area contributed by atoms with Crippen molar-refractivity contribution < 1.29 is 23.8 Å². The van der Waals surface area contributed by atoms with Gasteiger partial charge in [-0.05, 0) is 86.3 Å². The Morgan fingerprint density at radius 2 is 1.32 bits per heavy atom. The van der Waals surface area contributed by atoms with Crippen LogP contribution in [0.4, 0.5) is 16.2 Å². The molecule has 0 N–H and O–H groups in total. The zero-order chi connectivity index (χ0) is 34.9. The van der Waals surface area contributed by atoms with Gasteiger partial charge in [0.05, 0.1) is 13.7 Å². The predicted molar refractivity (Wildman–Crippen MR) is 198 cm³/mol. The number of nitrogens with zero attached hydrogens (tertiary/aromatic N) is 5. The molecule has 3 aromatic carbocycles. The van der Waals surface area contributed by atoms with Gasteiger partial charge in [0.15, 0.2) is 17.6 Å². The van der Waals surface area contributed by atoms with Crippen LogP contribution in [0.25, 0.3) is 0 Å². The third-order valence-corrected chi connectivity index (χ3v) is 10.2. The van der Waals surface area contributed by atoms with Gasteiger partial charge in [0.25, 0.3) is 5.91 Å². The van der Waals surface area contributed by atoms with Gasteiger partial charge in [-0.25, -0.2) is 9.69 Å². The number of ether oxygens (including phenoxy) is 3. The van der Waals surface area contributed by atoms with E-state index in [1.54, 1.807) is 7.11 Å². The Morgan fingerprint density at radius 1 is 0.720 bits per heavy atom. The molecule has 0 aliphatic carbocycles. The summed E-state index contributed by atoms with van der Waals surface area (Å²) >= 11 is 12.3. The average Bonchev–Trinajstić information content (AvgIpc) is 3.41. The number of carbonyl (C=O) groups is 2. The average molecular weight is 725 g/mol. The van der Waals surface area contributed by atoms with Crippen LogP contribution in [0.5, 0.6) is 11.5 Å².